The first-order valence-corrected chi connectivity index (χ1v) is 10.4. The van der Waals surface area contributed by atoms with Crippen molar-refractivity contribution in [2.45, 2.75) is 33.4 Å². The number of nitro groups is 1. The fourth-order valence-corrected chi connectivity index (χ4v) is 2.95. The minimum absolute atomic E-state index is 0.00505. The second-order valence-electron chi connectivity index (χ2n) is 7.84. The third-order valence-corrected chi connectivity index (χ3v) is 4.83. The van der Waals surface area contributed by atoms with Crippen LogP contribution in [0.1, 0.15) is 26.3 Å². The van der Waals surface area contributed by atoms with Gasteiger partial charge in [0, 0.05) is 25.2 Å². The number of carbonyl (C=O) groups excluding carboxylic acids is 2. The molecular weight excluding hydrogens is 433 g/mol. The molecule has 2 rings (SSSR count). The molecular formula is C23H28FN3O6. The molecule has 0 saturated heterocycles. The number of benzene rings is 2. The van der Waals surface area contributed by atoms with E-state index < -0.39 is 29.3 Å². The minimum atomic E-state index is -0.809. The molecule has 0 bridgehead atoms. The summed E-state index contributed by atoms with van der Waals surface area (Å²) in [6, 6.07) is 8.72. The van der Waals surface area contributed by atoms with E-state index in [1.807, 2.05) is 13.8 Å². The Morgan fingerprint density at radius 3 is 2.39 bits per heavy atom. The second kappa shape index (κ2) is 11.8. The van der Waals surface area contributed by atoms with Crippen molar-refractivity contribution < 1.29 is 28.4 Å². The van der Waals surface area contributed by atoms with E-state index in [0.717, 1.165) is 0 Å². The summed E-state index contributed by atoms with van der Waals surface area (Å²) in [4.78, 5) is 37.4. The third-order valence-electron chi connectivity index (χ3n) is 4.83. The van der Waals surface area contributed by atoms with Crippen LogP contribution in [-0.4, -0.2) is 47.9 Å². The van der Waals surface area contributed by atoms with E-state index in [2.05, 4.69) is 5.32 Å². The number of ether oxygens (including phenoxy) is 2. The number of hydrogen-bond acceptors (Lipinski definition) is 6. The summed E-state index contributed by atoms with van der Waals surface area (Å²) < 4.78 is 23.8. The smallest absolute Gasteiger partial charge is 0.311 e. The maximum atomic E-state index is 13.3. The molecule has 178 valence electrons. The number of nitro benzene ring substituents is 1. The van der Waals surface area contributed by atoms with E-state index in [9.17, 15) is 24.1 Å². The van der Waals surface area contributed by atoms with Gasteiger partial charge in [-0.25, -0.2) is 4.39 Å². The van der Waals surface area contributed by atoms with Gasteiger partial charge in [-0.3, -0.25) is 19.7 Å². The lowest BCUT2D eigenvalue weighted by Gasteiger charge is -2.29. The molecule has 0 aliphatic carbocycles. The Labute approximate surface area is 191 Å². The van der Waals surface area contributed by atoms with Gasteiger partial charge in [0.05, 0.1) is 12.0 Å². The van der Waals surface area contributed by atoms with Crippen LogP contribution in [0.15, 0.2) is 42.5 Å². The zero-order chi connectivity index (χ0) is 24.5. The SMILES string of the molecule is COc1cc(OCC(=O)N(Cc2ccc(F)cc2)[C@@H](C)C(=O)NCC(C)C)ccc1[N+](=O)[O-]. The van der Waals surface area contributed by atoms with Crippen LogP contribution in [0, 0.1) is 21.8 Å². The maximum Gasteiger partial charge on any atom is 0.311 e. The molecule has 2 amide bonds. The second-order valence-corrected chi connectivity index (χ2v) is 7.84. The van der Waals surface area contributed by atoms with Crippen LogP contribution in [0.4, 0.5) is 10.1 Å². The van der Waals surface area contributed by atoms with Crippen LogP contribution in [0.3, 0.4) is 0 Å². The van der Waals surface area contributed by atoms with Gasteiger partial charge in [0.25, 0.3) is 5.91 Å². The minimum Gasteiger partial charge on any atom is -0.490 e. The number of nitrogens with zero attached hydrogens (tertiary/aromatic N) is 2. The molecule has 2 aromatic carbocycles. The number of carbonyl (C=O) groups is 2. The van der Waals surface area contributed by atoms with Gasteiger partial charge in [-0.1, -0.05) is 26.0 Å². The molecule has 0 radical (unpaired) electrons. The molecule has 0 unspecified atom stereocenters. The number of nitrogens with one attached hydrogen (secondary N) is 1. The average Bonchev–Trinajstić information content (AvgIpc) is 2.79. The van der Waals surface area contributed by atoms with E-state index in [1.54, 1.807) is 6.92 Å². The summed E-state index contributed by atoms with van der Waals surface area (Å²) in [6.07, 6.45) is 0. The highest BCUT2D eigenvalue weighted by molar-refractivity contribution is 5.88. The monoisotopic (exact) mass is 461 g/mol. The van der Waals surface area contributed by atoms with Gasteiger partial charge in [0.15, 0.2) is 6.61 Å². The van der Waals surface area contributed by atoms with Crippen LogP contribution in [0.5, 0.6) is 11.5 Å². The lowest BCUT2D eigenvalue weighted by atomic mass is 10.1. The lowest BCUT2D eigenvalue weighted by molar-refractivity contribution is -0.385. The largest absolute Gasteiger partial charge is 0.490 e. The van der Waals surface area contributed by atoms with Gasteiger partial charge in [0.1, 0.15) is 17.6 Å². The van der Waals surface area contributed by atoms with Crippen molar-refractivity contribution in [2.75, 3.05) is 20.3 Å². The van der Waals surface area contributed by atoms with Gasteiger partial charge in [-0.05, 0) is 36.6 Å². The van der Waals surface area contributed by atoms with Crippen molar-refractivity contribution in [3.05, 3.63) is 64.0 Å². The van der Waals surface area contributed by atoms with E-state index in [0.29, 0.717) is 12.1 Å². The van der Waals surface area contributed by atoms with Crippen molar-refractivity contribution in [1.29, 1.82) is 0 Å². The summed E-state index contributed by atoms with van der Waals surface area (Å²) in [7, 11) is 1.29. The van der Waals surface area contributed by atoms with Gasteiger partial charge in [-0.15, -0.1) is 0 Å². The molecule has 1 N–H and O–H groups in total. The Hall–Kier alpha value is -3.69. The molecule has 0 heterocycles. The predicted octanol–water partition coefficient (Wildman–Crippen LogP) is 3.31. The number of hydrogen-bond donors (Lipinski definition) is 1. The van der Waals surface area contributed by atoms with Gasteiger partial charge in [-0.2, -0.15) is 0 Å². The molecule has 2 aromatic rings. The van der Waals surface area contributed by atoms with Crippen molar-refractivity contribution >= 4 is 17.5 Å². The van der Waals surface area contributed by atoms with Gasteiger partial charge in [0.2, 0.25) is 11.7 Å². The van der Waals surface area contributed by atoms with Gasteiger partial charge >= 0.3 is 5.69 Å². The average molecular weight is 461 g/mol. The molecule has 33 heavy (non-hydrogen) atoms. The van der Waals surface area contributed by atoms with Crippen LogP contribution < -0.4 is 14.8 Å². The number of rotatable bonds is 11. The molecule has 0 aromatic heterocycles. The highest BCUT2D eigenvalue weighted by atomic mass is 19.1. The first-order chi connectivity index (χ1) is 15.6. The Balaban J connectivity index is 2.17. The molecule has 0 aliphatic heterocycles. The van der Waals surface area contributed by atoms with E-state index in [4.69, 9.17) is 9.47 Å². The fourth-order valence-electron chi connectivity index (χ4n) is 2.95. The molecule has 0 spiro atoms. The zero-order valence-corrected chi connectivity index (χ0v) is 19.0. The lowest BCUT2D eigenvalue weighted by Crippen LogP contribution is -2.49. The third kappa shape index (κ3) is 7.44. The summed E-state index contributed by atoms with van der Waals surface area (Å²) in [6.45, 7) is 5.64. The Morgan fingerprint density at radius 1 is 1.15 bits per heavy atom. The summed E-state index contributed by atoms with van der Waals surface area (Å²) in [5, 5.41) is 13.8. The Morgan fingerprint density at radius 2 is 1.82 bits per heavy atom. The van der Waals surface area contributed by atoms with Crippen molar-refractivity contribution in [3.63, 3.8) is 0 Å². The molecule has 0 saturated carbocycles. The number of amides is 2. The van der Waals surface area contributed by atoms with Crippen LogP contribution in [-0.2, 0) is 16.1 Å². The fraction of sp³-hybridized carbons (Fsp3) is 0.391. The topological polar surface area (TPSA) is 111 Å². The molecule has 0 aliphatic rings. The number of methoxy groups -OCH3 is 1. The van der Waals surface area contributed by atoms with E-state index in [1.165, 1.54) is 54.5 Å². The first-order valence-electron chi connectivity index (χ1n) is 10.4. The quantitative estimate of drug-likeness (QED) is 0.406. The van der Waals surface area contributed by atoms with Crippen molar-refractivity contribution in [3.8, 4) is 11.5 Å². The normalized spacial score (nSPS) is 11.6. The standard InChI is InChI=1S/C23H28FN3O6/c1-15(2)12-25-23(29)16(3)26(13-17-5-7-18(24)8-6-17)22(28)14-33-19-9-10-20(27(30)31)21(11-19)32-4/h5-11,15-16H,12-14H2,1-4H3,(H,25,29)/t16-/m0/s1. The summed E-state index contributed by atoms with van der Waals surface area (Å²) >= 11 is 0. The highest BCUT2D eigenvalue weighted by Gasteiger charge is 2.27. The molecule has 10 heteroatoms. The van der Waals surface area contributed by atoms with Crippen LogP contribution in [0.2, 0.25) is 0 Å². The summed E-state index contributed by atoms with van der Waals surface area (Å²) in [5.41, 5.74) is 0.412. The van der Waals surface area contributed by atoms with Gasteiger partial charge < -0.3 is 19.7 Å². The highest BCUT2D eigenvalue weighted by Crippen LogP contribution is 2.30. The summed E-state index contributed by atoms with van der Waals surface area (Å²) in [5.74, 6) is -0.781. The van der Waals surface area contributed by atoms with E-state index in [-0.39, 0.29) is 35.6 Å². The maximum absolute atomic E-state index is 13.3. The molecule has 1 atom stereocenters. The van der Waals surface area contributed by atoms with Crippen LogP contribution >= 0.6 is 0 Å². The molecule has 9 nitrogen and oxygen atoms in total. The van der Waals surface area contributed by atoms with E-state index >= 15 is 0 Å². The molecule has 0 fully saturated rings. The zero-order valence-electron chi connectivity index (χ0n) is 19.0. The predicted molar refractivity (Wildman–Crippen MR) is 119 cm³/mol. The number of halogens is 1. The van der Waals surface area contributed by atoms with Crippen molar-refractivity contribution in [1.82, 2.24) is 10.2 Å². The van der Waals surface area contributed by atoms with Crippen LogP contribution in [0.25, 0.3) is 0 Å². The first kappa shape index (κ1) is 25.6. The van der Waals surface area contributed by atoms with Crippen molar-refractivity contribution in [2.24, 2.45) is 5.92 Å². The Kier molecular flexibility index (Phi) is 9.14. The Bertz CT molecular complexity index is 981.